The first kappa shape index (κ1) is 17.0. The van der Waals surface area contributed by atoms with Gasteiger partial charge in [-0.05, 0) is 18.3 Å². The molecule has 0 atom stereocenters. The summed E-state index contributed by atoms with van der Waals surface area (Å²) < 4.78 is 2.34. The van der Waals surface area contributed by atoms with Gasteiger partial charge in [0.15, 0.2) is 11.3 Å². The number of primary amides is 1. The van der Waals surface area contributed by atoms with Crippen molar-refractivity contribution in [3.63, 3.8) is 0 Å². The van der Waals surface area contributed by atoms with Gasteiger partial charge in [-0.15, -0.1) is 0 Å². The van der Waals surface area contributed by atoms with E-state index in [0.29, 0.717) is 0 Å². The molecule has 3 rings (SSSR count). The van der Waals surface area contributed by atoms with Crippen LogP contribution in [-0.2, 0) is 6.54 Å². The van der Waals surface area contributed by atoms with E-state index in [0.717, 1.165) is 17.4 Å². The first-order valence-electron chi connectivity index (χ1n) is 8.04. The number of carbonyl (C=O) groups excluding carboxylic acids is 2. The van der Waals surface area contributed by atoms with E-state index in [4.69, 9.17) is 5.73 Å². The first-order chi connectivity index (χ1) is 11.6. The maximum Gasteiger partial charge on any atom is 0.270 e. The van der Waals surface area contributed by atoms with E-state index in [9.17, 15) is 19.5 Å². The lowest BCUT2D eigenvalue weighted by Crippen LogP contribution is -2.37. The van der Waals surface area contributed by atoms with Crippen molar-refractivity contribution in [3.8, 4) is 5.88 Å². The van der Waals surface area contributed by atoms with E-state index in [-0.39, 0.29) is 34.9 Å². The molecule has 2 aromatic heterocycles. The summed E-state index contributed by atoms with van der Waals surface area (Å²) in [5.41, 5.74) is 4.05. The molecule has 1 saturated carbocycles. The van der Waals surface area contributed by atoms with Gasteiger partial charge in [-0.2, -0.15) is 9.61 Å². The van der Waals surface area contributed by atoms with Crippen LogP contribution in [0.2, 0.25) is 0 Å². The maximum atomic E-state index is 12.9. The van der Waals surface area contributed by atoms with Gasteiger partial charge in [-0.3, -0.25) is 19.0 Å². The predicted molar refractivity (Wildman–Crippen MR) is 89.6 cm³/mol. The van der Waals surface area contributed by atoms with Gasteiger partial charge in [-0.25, -0.2) is 0 Å². The molecule has 4 N–H and O–H groups in total. The highest BCUT2D eigenvalue weighted by atomic mass is 16.3. The number of hydrogen-bond donors (Lipinski definition) is 3. The van der Waals surface area contributed by atoms with Crippen LogP contribution in [0.3, 0.4) is 0 Å². The van der Waals surface area contributed by atoms with Crippen LogP contribution in [-0.4, -0.2) is 37.1 Å². The number of nitrogens with zero attached hydrogens (tertiary/aromatic N) is 3. The average molecular weight is 347 g/mol. The number of aromatic hydroxyl groups is 1. The highest BCUT2D eigenvalue weighted by Gasteiger charge is 2.30. The Morgan fingerprint density at radius 2 is 2.04 bits per heavy atom. The van der Waals surface area contributed by atoms with Gasteiger partial charge in [0, 0.05) is 18.7 Å². The van der Waals surface area contributed by atoms with Crippen LogP contribution in [0, 0.1) is 5.41 Å². The normalized spacial score (nSPS) is 14.7. The lowest BCUT2D eigenvalue weighted by Gasteiger charge is -2.21. The van der Waals surface area contributed by atoms with Crippen molar-refractivity contribution in [2.24, 2.45) is 11.1 Å². The Labute approximate surface area is 143 Å². The highest BCUT2D eigenvalue weighted by Crippen LogP contribution is 2.23. The summed E-state index contributed by atoms with van der Waals surface area (Å²) >= 11 is 0. The number of hydrogen-bond acceptors (Lipinski definition) is 5. The number of rotatable bonds is 4. The number of fused-ring (bicyclic) bond motifs is 1. The summed E-state index contributed by atoms with van der Waals surface area (Å²) in [7, 11) is 0. The molecule has 0 aromatic carbocycles. The number of amides is 2. The van der Waals surface area contributed by atoms with E-state index in [1.54, 1.807) is 0 Å². The summed E-state index contributed by atoms with van der Waals surface area (Å²) in [6, 6.07) is 1.36. The molecule has 134 valence electrons. The Bertz CT molecular complexity index is 931. The molecular weight excluding hydrogens is 326 g/mol. The SMILES string of the molecule is CC(C)(C)Cn1c(=O)c(C(=O)NC2CC2)c(O)n2nc(C(N)=O)cc12. The van der Waals surface area contributed by atoms with Gasteiger partial charge >= 0.3 is 0 Å². The Balaban J connectivity index is 2.26. The molecule has 0 radical (unpaired) electrons. The molecule has 1 fully saturated rings. The van der Waals surface area contributed by atoms with E-state index >= 15 is 0 Å². The van der Waals surface area contributed by atoms with E-state index in [1.165, 1.54) is 10.6 Å². The van der Waals surface area contributed by atoms with Gasteiger partial charge in [0.25, 0.3) is 17.4 Å². The first-order valence-corrected chi connectivity index (χ1v) is 8.04. The Morgan fingerprint density at radius 1 is 1.40 bits per heavy atom. The molecule has 9 nitrogen and oxygen atoms in total. The van der Waals surface area contributed by atoms with Crippen molar-refractivity contribution in [2.75, 3.05) is 0 Å². The molecule has 1 aliphatic carbocycles. The quantitative estimate of drug-likeness (QED) is 0.729. The molecule has 0 spiro atoms. The minimum absolute atomic E-state index is 0.0249. The number of carbonyl (C=O) groups is 2. The Morgan fingerprint density at radius 3 is 2.56 bits per heavy atom. The zero-order valence-corrected chi connectivity index (χ0v) is 14.4. The standard InChI is InChI=1S/C16H21N5O4/c1-16(2,3)7-20-10-6-9(12(17)22)19-21(10)15(25)11(14(20)24)13(23)18-8-4-5-8/h6,8,25H,4-5,7H2,1-3H3,(H2,17,22)(H,18,23). The molecule has 0 unspecified atom stereocenters. The fourth-order valence-electron chi connectivity index (χ4n) is 2.59. The lowest BCUT2D eigenvalue weighted by molar-refractivity contribution is 0.0943. The number of nitrogens with one attached hydrogen (secondary N) is 1. The summed E-state index contributed by atoms with van der Waals surface area (Å²) in [5.74, 6) is -2.04. The van der Waals surface area contributed by atoms with Gasteiger partial charge in [0.2, 0.25) is 5.88 Å². The van der Waals surface area contributed by atoms with Crippen LogP contribution >= 0.6 is 0 Å². The third-order valence-electron chi connectivity index (χ3n) is 3.87. The van der Waals surface area contributed by atoms with Gasteiger partial charge in [0.05, 0.1) is 0 Å². The molecule has 0 bridgehead atoms. The molecule has 2 heterocycles. The molecule has 0 saturated heterocycles. The van der Waals surface area contributed by atoms with Crippen LogP contribution in [0.1, 0.15) is 54.5 Å². The van der Waals surface area contributed by atoms with Gasteiger partial charge in [0.1, 0.15) is 5.65 Å². The molecule has 2 aromatic rings. The maximum absolute atomic E-state index is 12.9. The van der Waals surface area contributed by atoms with Crippen LogP contribution in [0.4, 0.5) is 0 Å². The fraction of sp³-hybridized carbons (Fsp3) is 0.500. The molecule has 1 aliphatic rings. The van der Waals surface area contributed by atoms with Crippen LogP contribution in [0.15, 0.2) is 10.9 Å². The van der Waals surface area contributed by atoms with E-state index in [2.05, 4.69) is 10.4 Å². The third-order valence-corrected chi connectivity index (χ3v) is 3.87. The smallest absolute Gasteiger partial charge is 0.270 e. The second-order valence-corrected chi connectivity index (χ2v) is 7.56. The zero-order chi connectivity index (χ0) is 18.5. The van der Waals surface area contributed by atoms with Crippen LogP contribution in [0.25, 0.3) is 5.65 Å². The second-order valence-electron chi connectivity index (χ2n) is 7.56. The minimum atomic E-state index is -0.790. The summed E-state index contributed by atoms with van der Waals surface area (Å²) in [4.78, 5) is 36.7. The minimum Gasteiger partial charge on any atom is -0.492 e. The number of aromatic nitrogens is 3. The monoisotopic (exact) mass is 347 g/mol. The lowest BCUT2D eigenvalue weighted by atomic mass is 9.97. The van der Waals surface area contributed by atoms with Crippen molar-refractivity contribution in [1.29, 1.82) is 0 Å². The van der Waals surface area contributed by atoms with Crippen molar-refractivity contribution >= 4 is 17.5 Å². The van der Waals surface area contributed by atoms with Crippen LogP contribution < -0.4 is 16.6 Å². The Hall–Kier alpha value is -2.84. The number of nitrogens with two attached hydrogens (primary N) is 1. The molecule has 0 aliphatic heterocycles. The van der Waals surface area contributed by atoms with Gasteiger partial charge in [-0.1, -0.05) is 20.8 Å². The molecule has 9 heteroatoms. The Kier molecular flexibility index (Phi) is 3.81. The summed E-state index contributed by atoms with van der Waals surface area (Å²) in [6.07, 6.45) is 1.69. The highest BCUT2D eigenvalue weighted by molar-refractivity contribution is 5.97. The molecule has 2 amide bonds. The topological polar surface area (TPSA) is 132 Å². The van der Waals surface area contributed by atoms with Crippen molar-refractivity contribution in [3.05, 3.63) is 27.7 Å². The summed E-state index contributed by atoms with van der Waals surface area (Å²) in [6.45, 7) is 6.05. The predicted octanol–water partition coefficient (Wildman–Crippen LogP) is 0.239. The van der Waals surface area contributed by atoms with E-state index < -0.39 is 23.3 Å². The fourth-order valence-corrected chi connectivity index (χ4v) is 2.59. The van der Waals surface area contributed by atoms with Crippen molar-refractivity contribution < 1.29 is 14.7 Å². The van der Waals surface area contributed by atoms with E-state index in [1.807, 2.05) is 20.8 Å². The van der Waals surface area contributed by atoms with Crippen LogP contribution in [0.5, 0.6) is 5.88 Å². The zero-order valence-electron chi connectivity index (χ0n) is 14.4. The van der Waals surface area contributed by atoms with Crippen molar-refractivity contribution in [2.45, 2.75) is 46.2 Å². The second kappa shape index (κ2) is 5.61. The average Bonchev–Trinajstić information content (AvgIpc) is 3.16. The largest absolute Gasteiger partial charge is 0.492 e. The summed E-state index contributed by atoms with van der Waals surface area (Å²) in [5, 5.41) is 17.1. The molecule has 25 heavy (non-hydrogen) atoms. The molecular formula is C16H21N5O4. The third kappa shape index (κ3) is 3.21. The van der Waals surface area contributed by atoms with Crippen molar-refractivity contribution in [1.82, 2.24) is 19.5 Å². The van der Waals surface area contributed by atoms with Gasteiger partial charge < -0.3 is 16.2 Å².